The molecule has 0 aliphatic rings. The zero-order valence-corrected chi connectivity index (χ0v) is 11.9. The molecule has 21 heavy (non-hydrogen) atoms. The molecular weight excluding hydrogens is 289 g/mol. The van der Waals surface area contributed by atoms with Crippen LogP contribution >= 0.6 is 11.3 Å². The lowest BCUT2D eigenvalue weighted by molar-refractivity contribution is 0.625. The Kier molecular flexibility index (Phi) is 4.32. The zero-order chi connectivity index (χ0) is 15.4. The van der Waals surface area contributed by atoms with Gasteiger partial charge in [-0.25, -0.2) is 4.39 Å². The van der Waals surface area contributed by atoms with E-state index in [0.717, 1.165) is 11.3 Å². The van der Waals surface area contributed by atoms with Crippen molar-refractivity contribution in [2.45, 2.75) is 13.5 Å². The number of rotatable bonds is 2. The number of halogens is 1. The van der Waals surface area contributed by atoms with Gasteiger partial charge in [0.15, 0.2) is 5.57 Å². The summed E-state index contributed by atoms with van der Waals surface area (Å²) in [4.78, 5) is 12.3. The van der Waals surface area contributed by atoms with E-state index in [1.165, 1.54) is 16.7 Å². The van der Waals surface area contributed by atoms with Crippen LogP contribution < -0.4 is 14.8 Å². The van der Waals surface area contributed by atoms with Crippen molar-refractivity contribution in [2.75, 3.05) is 0 Å². The molecule has 0 fully saturated rings. The van der Waals surface area contributed by atoms with E-state index in [4.69, 9.17) is 10.5 Å². The average molecular weight is 299 g/mol. The third-order valence-corrected chi connectivity index (χ3v) is 3.98. The van der Waals surface area contributed by atoms with Crippen molar-refractivity contribution in [1.82, 2.24) is 4.57 Å². The summed E-state index contributed by atoms with van der Waals surface area (Å²) in [7, 11) is 0. The van der Waals surface area contributed by atoms with Gasteiger partial charge in [-0.1, -0.05) is 18.2 Å². The summed E-state index contributed by atoms with van der Waals surface area (Å²) >= 11 is 1.02. The summed E-state index contributed by atoms with van der Waals surface area (Å²) in [5.41, 5.74) is -0.156. The van der Waals surface area contributed by atoms with Crippen LogP contribution in [0.1, 0.15) is 12.5 Å². The van der Waals surface area contributed by atoms with E-state index >= 15 is 0 Å². The second-order valence-electron chi connectivity index (χ2n) is 4.09. The summed E-state index contributed by atoms with van der Waals surface area (Å²) < 4.78 is 15.6. The minimum Gasteiger partial charge on any atom is -0.298 e. The first-order valence-corrected chi connectivity index (χ1v) is 6.94. The maximum absolute atomic E-state index is 13.6. The van der Waals surface area contributed by atoms with Crippen LogP contribution in [0.4, 0.5) is 4.39 Å². The van der Waals surface area contributed by atoms with Crippen LogP contribution in [0.5, 0.6) is 0 Å². The van der Waals surface area contributed by atoms with Crippen molar-refractivity contribution in [3.8, 4) is 12.1 Å². The maximum Gasteiger partial charge on any atom is 0.269 e. The zero-order valence-electron chi connectivity index (χ0n) is 11.1. The van der Waals surface area contributed by atoms with Gasteiger partial charge in [-0.2, -0.15) is 10.5 Å². The topological polar surface area (TPSA) is 69.6 Å². The Hall–Kier alpha value is -2.70. The Morgan fingerprint density at radius 3 is 2.62 bits per heavy atom. The van der Waals surface area contributed by atoms with Gasteiger partial charge in [0.1, 0.15) is 22.6 Å². The molecule has 0 N–H and O–H groups in total. The quantitative estimate of drug-likeness (QED) is 0.833. The van der Waals surface area contributed by atoms with E-state index in [2.05, 4.69) is 0 Å². The van der Waals surface area contributed by atoms with Crippen molar-refractivity contribution in [1.29, 1.82) is 10.5 Å². The van der Waals surface area contributed by atoms with Crippen LogP contribution in [0.25, 0.3) is 11.6 Å². The number of hydrogen-bond acceptors (Lipinski definition) is 4. The average Bonchev–Trinajstić information content (AvgIpc) is 2.79. The van der Waals surface area contributed by atoms with E-state index < -0.39 is 5.82 Å². The summed E-state index contributed by atoms with van der Waals surface area (Å²) in [6.45, 7) is 2.08. The molecule has 4 nitrogen and oxygen atoms in total. The van der Waals surface area contributed by atoms with Crippen LogP contribution in [0.3, 0.4) is 0 Å². The Morgan fingerprint density at radius 2 is 2.05 bits per heavy atom. The lowest BCUT2D eigenvalue weighted by Gasteiger charge is -1.94. The lowest BCUT2D eigenvalue weighted by Crippen LogP contribution is -2.31. The molecular formula is C15H10FN3OS. The SMILES string of the molecule is CCn1c(=C(C#N)C#N)s/c(=C/c2ccccc2F)c1=O. The smallest absolute Gasteiger partial charge is 0.269 e. The Labute approximate surface area is 123 Å². The van der Waals surface area contributed by atoms with Crippen molar-refractivity contribution < 1.29 is 4.39 Å². The predicted molar refractivity (Wildman–Crippen MR) is 78.1 cm³/mol. The molecule has 0 atom stereocenters. The number of aromatic nitrogens is 1. The van der Waals surface area contributed by atoms with E-state index in [-0.39, 0.29) is 11.1 Å². The van der Waals surface area contributed by atoms with E-state index in [0.29, 0.717) is 21.3 Å². The minimum atomic E-state index is -0.431. The van der Waals surface area contributed by atoms with E-state index in [1.807, 2.05) is 0 Å². The molecule has 6 heteroatoms. The fourth-order valence-corrected chi connectivity index (χ4v) is 2.95. The second kappa shape index (κ2) is 6.17. The number of nitrogens with zero attached hydrogens (tertiary/aromatic N) is 3. The number of nitriles is 2. The Balaban J connectivity index is 2.85. The molecule has 0 radical (unpaired) electrons. The normalized spacial score (nSPS) is 11.0. The fraction of sp³-hybridized carbons (Fsp3) is 0.133. The van der Waals surface area contributed by atoms with Gasteiger partial charge in [0.05, 0.1) is 4.53 Å². The molecule has 1 aromatic heterocycles. The highest BCUT2D eigenvalue weighted by atomic mass is 32.1. The summed E-state index contributed by atoms with van der Waals surface area (Å²) in [6.07, 6.45) is 1.43. The molecule has 2 aromatic rings. The first kappa shape index (κ1) is 14.7. The van der Waals surface area contributed by atoms with Gasteiger partial charge < -0.3 is 0 Å². The van der Waals surface area contributed by atoms with Crippen molar-refractivity contribution in [2.24, 2.45) is 0 Å². The van der Waals surface area contributed by atoms with Crippen LogP contribution in [-0.2, 0) is 6.54 Å². The summed E-state index contributed by atoms with van der Waals surface area (Å²) in [5, 5.41) is 17.9. The van der Waals surface area contributed by atoms with Crippen LogP contribution in [-0.4, -0.2) is 4.57 Å². The van der Waals surface area contributed by atoms with Crippen molar-refractivity contribution in [3.63, 3.8) is 0 Å². The van der Waals surface area contributed by atoms with Gasteiger partial charge in [0.25, 0.3) is 5.56 Å². The van der Waals surface area contributed by atoms with Gasteiger partial charge in [-0.15, -0.1) is 11.3 Å². The highest BCUT2D eigenvalue weighted by molar-refractivity contribution is 7.07. The monoisotopic (exact) mass is 299 g/mol. The molecule has 0 spiro atoms. The molecule has 0 amide bonds. The highest BCUT2D eigenvalue weighted by Crippen LogP contribution is 2.06. The standard InChI is InChI=1S/C15H10FN3OS/c1-2-19-14(20)13(21-15(19)11(8-17)9-18)7-10-5-3-4-6-12(10)16/h3-7H,2H2,1H3/b13-7+. The molecule has 2 rings (SSSR count). The van der Waals surface area contributed by atoms with E-state index in [9.17, 15) is 9.18 Å². The maximum atomic E-state index is 13.6. The van der Waals surface area contributed by atoms with E-state index in [1.54, 1.807) is 37.3 Å². The Morgan fingerprint density at radius 1 is 1.38 bits per heavy atom. The highest BCUT2D eigenvalue weighted by Gasteiger charge is 2.08. The third-order valence-electron chi connectivity index (χ3n) is 2.85. The first-order valence-electron chi connectivity index (χ1n) is 6.12. The fourth-order valence-electron chi connectivity index (χ4n) is 1.85. The van der Waals surface area contributed by atoms with Crippen molar-refractivity contribution >= 4 is 23.0 Å². The van der Waals surface area contributed by atoms with Crippen LogP contribution in [0.2, 0.25) is 0 Å². The summed E-state index contributed by atoms with van der Waals surface area (Å²) in [5.74, 6) is -0.431. The molecule has 0 bridgehead atoms. The molecule has 0 saturated heterocycles. The van der Waals surface area contributed by atoms with Gasteiger partial charge >= 0.3 is 0 Å². The van der Waals surface area contributed by atoms with Gasteiger partial charge in [-0.05, 0) is 19.1 Å². The summed E-state index contributed by atoms with van der Waals surface area (Å²) in [6, 6.07) is 9.65. The molecule has 0 saturated carbocycles. The largest absolute Gasteiger partial charge is 0.298 e. The van der Waals surface area contributed by atoms with Crippen LogP contribution in [0, 0.1) is 28.5 Å². The number of benzene rings is 1. The molecule has 104 valence electrons. The van der Waals surface area contributed by atoms with Gasteiger partial charge in [0, 0.05) is 12.1 Å². The molecule has 0 unspecified atom stereocenters. The predicted octanol–water partition coefficient (Wildman–Crippen LogP) is 1.10. The number of thiazole rings is 1. The molecule has 0 aliphatic carbocycles. The third kappa shape index (κ3) is 2.76. The first-order chi connectivity index (χ1) is 10.1. The Bertz CT molecular complexity index is 925. The minimum absolute atomic E-state index is 0.118. The molecule has 1 aromatic carbocycles. The lowest BCUT2D eigenvalue weighted by atomic mass is 10.2. The second-order valence-corrected chi connectivity index (χ2v) is 5.12. The molecule has 1 heterocycles. The van der Waals surface area contributed by atoms with Gasteiger partial charge in [0.2, 0.25) is 0 Å². The van der Waals surface area contributed by atoms with Crippen LogP contribution in [0.15, 0.2) is 29.1 Å². The van der Waals surface area contributed by atoms with Crippen molar-refractivity contribution in [3.05, 3.63) is 55.2 Å². The number of hydrogen-bond donors (Lipinski definition) is 0. The molecule has 0 aliphatic heterocycles. The van der Waals surface area contributed by atoms with Gasteiger partial charge in [-0.3, -0.25) is 9.36 Å².